The zero-order valence-corrected chi connectivity index (χ0v) is 25.9. The third-order valence-electron chi connectivity index (χ3n) is 12.6. The Balaban J connectivity index is 1.12. The van der Waals surface area contributed by atoms with Gasteiger partial charge < -0.3 is 39.7 Å². The first-order valence-corrected chi connectivity index (χ1v) is 16.3. The lowest BCUT2D eigenvalue weighted by atomic mass is 9.47. The van der Waals surface area contributed by atoms with E-state index in [1.165, 1.54) is 5.57 Å². The Hall–Kier alpha value is -1.92. The summed E-state index contributed by atoms with van der Waals surface area (Å²) < 4.78 is 16.8. The van der Waals surface area contributed by atoms with Crippen molar-refractivity contribution < 1.29 is 49.3 Å². The summed E-state index contributed by atoms with van der Waals surface area (Å²) >= 11 is 0. The van der Waals surface area contributed by atoms with E-state index in [1.807, 2.05) is 13.0 Å². The fourth-order valence-electron chi connectivity index (χ4n) is 10.0. The molecule has 10 heteroatoms. The topological polar surface area (TPSA) is 163 Å². The van der Waals surface area contributed by atoms with Gasteiger partial charge in [-0.05, 0) is 87.5 Å². The minimum Gasteiger partial charge on any atom is -0.458 e. The molecule has 5 N–H and O–H groups in total. The fourth-order valence-corrected chi connectivity index (χ4v) is 10.0. The van der Waals surface area contributed by atoms with Crippen LogP contribution in [0.4, 0.5) is 0 Å². The number of carbonyl (C=O) groups is 2. The van der Waals surface area contributed by atoms with E-state index in [0.717, 1.165) is 44.1 Å². The predicted molar refractivity (Wildman–Crippen MR) is 158 cm³/mol. The van der Waals surface area contributed by atoms with Crippen molar-refractivity contribution in [2.45, 2.75) is 103 Å². The van der Waals surface area contributed by atoms with E-state index >= 15 is 0 Å². The van der Waals surface area contributed by atoms with Crippen LogP contribution in [0.2, 0.25) is 0 Å². The lowest BCUT2D eigenvalue weighted by Gasteiger charge is -2.57. The highest BCUT2D eigenvalue weighted by Gasteiger charge is 2.61. The van der Waals surface area contributed by atoms with Crippen LogP contribution in [0.5, 0.6) is 0 Å². The molecule has 244 valence electrons. The maximum atomic E-state index is 13.2. The van der Waals surface area contributed by atoms with Gasteiger partial charge in [-0.3, -0.25) is 4.79 Å². The van der Waals surface area contributed by atoms with E-state index in [-0.39, 0.29) is 42.9 Å². The molecule has 2 aliphatic heterocycles. The predicted octanol–water partition coefficient (Wildman–Crippen LogP) is 1.97. The average Bonchev–Trinajstić information content (AvgIpc) is 3.34. The summed E-state index contributed by atoms with van der Waals surface area (Å²) in [5.41, 5.74) is 2.04. The van der Waals surface area contributed by atoms with Gasteiger partial charge in [0.05, 0.1) is 24.2 Å². The minimum absolute atomic E-state index is 0.0131. The van der Waals surface area contributed by atoms with Crippen LogP contribution < -0.4 is 0 Å². The molecule has 1 saturated heterocycles. The second-order valence-corrected chi connectivity index (χ2v) is 14.5. The minimum atomic E-state index is -1.66. The highest BCUT2D eigenvalue weighted by molar-refractivity contribution is 5.98. The molecule has 0 aromatic heterocycles. The van der Waals surface area contributed by atoms with Crippen molar-refractivity contribution in [1.29, 1.82) is 0 Å². The summed E-state index contributed by atoms with van der Waals surface area (Å²) in [6, 6.07) is 0. The van der Waals surface area contributed by atoms with E-state index in [4.69, 9.17) is 14.2 Å². The van der Waals surface area contributed by atoms with Crippen molar-refractivity contribution in [3.8, 4) is 0 Å². The first kappa shape index (κ1) is 32.0. The maximum absolute atomic E-state index is 13.2. The van der Waals surface area contributed by atoms with E-state index in [9.17, 15) is 35.1 Å². The summed E-state index contributed by atoms with van der Waals surface area (Å²) in [7, 11) is 0. The van der Waals surface area contributed by atoms with E-state index in [2.05, 4.69) is 19.9 Å². The molecule has 0 amide bonds. The number of rotatable bonds is 7. The lowest BCUT2D eigenvalue weighted by Crippen LogP contribution is -2.58. The number of allylic oxidation sites excluding steroid dienone is 4. The molecule has 2 saturated carbocycles. The largest absolute Gasteiger partial charge is 0.458 e. The molecule has 2 heterocycles. The van der Waals surface area contributed by atoms with Gasteiger partial charge in [-0.15, -0.1) is 0 Å². The number of fused-ring (bicyclic) bond motifs is 5. The van der Waals surface area contributed by atoms with Crippen molar-refractivity contribution in [2.75, 3.05) is 19.8 Å². The number of ketones is 1. The zero-order valence-electron chi connectivity index (χ0n) is 25.9. The van der Waals surface area contributed by atoms with Gasteiger partial charge in [0.25, 0.3) is 0 Å². The lowest BCUT2D eigenvalue weighted by molar-refractivity contribution is -0.288. The molecule has 4 aliphatic carbocycles. The maximum Gasteiger partial charge on any atom is 0.336 e. The van der Waals surface area contributed by atoms with Crippen molar-refractivity contribution in [3.63, 3.8) is 0 Å². The first-order valence-electron chi connectivity index (χ1n) is 16.3. The van der Waals surface area contributed by atoms with Gasteiger partial charge in [-0.2, -0.15) is 0 Å². The Labute approximate surface area is 258 Å². The number of hydrogen-bond acceptors (Lipinski definition) is 10. The van der Waals surface area contributed by atoms with E-state index in [0.29, 0.717) is 29.7 Å². The van der Waals surface area contributed by atoms with Gasteiger partial charge in [0, 0.05) is 18.9 Å². The number of cyclic esters (lactones) is 1. The molecule has 0 aromatic carbocycles. The van der Waals surface area contributed by atoms with Gasteiger partial charge in [0.15, 0.2) is 12.1 Å². The Bertz CT molecular complexity index is 1240. The zero-order chi connectivity index (χ0) is 31.6. The standard InChI is InChI=1S/C34H48O10/c1-17-13-25(43-31(40)21(17)15-42-16-26-28(37)29(38)30(39)32(41)44-26)20(14-35)23-10-9-22-19-8-7-18-5-4-6-27(36)34(18,3)24(19)11-12-33(22,23)2/h4,6-7,19-20,22-26,28-30,32,35,37-39,41H,5,8-16H2,1-3H3/t19-,20-,22-,23+,24-,25+,26+,28+,29-,30+,32+,33-,34-/m0/s1. The molecule has 0 spiro atoms. The molecule has 0 bridgehead atoms. The number of esters is 1. The molecule has 13 atom stereocenters. The molecule has 10 nitrogen and oxygen atoms in total. The summed E-state index contributed by atoms with van der Waals surface area (Å²) in [5.74, 6) is 0.948. The Morgan fingerprint density at radius 3 is 2.55 bits per heavy atom. The van der Waals surface area contributed by atoms with Gasteiger partial charge in [0.1, 0.15) is 30.5 Å². The van der Waals surface area contributed by atoms with Crippen molar-refractivity contribution in [2.24, 2.45) is 40.4 Å². The Kier molecular flexibility index (Phi) is 8.76. The highest BCUT2D eigenvalue weighted by Crippen LogP contribution is 2.66. The molecular formula is C34H48O10. The van der Waals surface area contributed by atoms with Gasteiger partial charge in [-0.1, -0.05) is 30.2 Å². The van der Waals surface area contributed by atoms with Crippen molar-refractivity contribution in [3.05, 3.63) is 34.9 Å². The summed E-state index contributed by atoms with van der Waals surface area (Å²) in [5, 5.41) is 50.2. The van der Waals surface area contributed by atoms with Crippen LogP contribution in [0.25, 0.3) is 0 Å². The van der Waals surface area contributed by atoms with Crippen LogP contribution in [0.1, 0.15) is 65.7 Å². The quantitative estimate of drug-likeness (QED) is 0.211. The van der Waals surface area contributed by atoms with Crippen LogP contribution in [-0.2, 0) is 23.8 Å². The van der Waals surface area contributed by atoms with Crippen molar-refractivity contribution in [1.82, 2.24) is 0 Å². The molecule has 0 radical (unpaired) electrons. The molecule has 6 rings (SSSR count). The monoisotopic (exact) mass is 616 g/mol. The normalized spacial score (nSPS) is 46.1. The van der Waals surface area contributed by atoms with Crippen LogP contribution in [0, 0.1) is 40.4 Å². The van der Waals surface area contributed by atoms with Crippen LogP contribution in [-0.4, -0.2) is 93.9 Å². The fraction of sp³-hybridized carbons (Fsp3) is 0.765. The van der Waals surface area contributed by atoms with Gasteiger partial charge >= 0.3 is 5.97 Å². The molecular weight excluding hydrogens is 568 g/mol. The van der Waals surface area contributed by atoms with E-state index in [1.54, 1.807) is 6.08 Å². The number of ether oxygens (including phenoxy) is 3. The molecule has 0 aromatic rings. The second-order valence-electron chi connectivity index (χ2n) is 14.5. The molecule has 3 fully saturated rings. The number of carbonyl (C=O) groups excluding carboxylic acids is 2. The van der Waals surface area contributed by atoms with Crippen LogP contribution in [0.3, 0.4) is 0 Å². The second kappa shape index (κ2) is 12.0. The number of aliphatic hydroxyl groups excluding tert-OH is 5. The van der Waals surface area contributed by atoms with Crippen LogP contribution in [0.15, 0.2) is 34.9 Å². The highest BCUT2D eigenvalue weighted by atomic mass is 16.6. The third kappa shape index (κ3) is 5.05. The number of hydrogen-bond donors (Lipinski definition) is 5. The molecule has 0 unspecified atom stereocenters. The summed E-state index contributed by atoms with van der Waals surface area (Å²) in [4.78, 5) is 26.4. The Morgan fingerprint density at radius 1 is 1.05 bits per heavy atom. The van der Waals surface area contributed by atoms with Crippen LogP contribution >= 0.6 is 0 Å². The Morgan fingerprint density at radius 2 is 1.82 bits per heavy atom. The summed E-state index contributed by atoms with van der Waals surface area (Å²) in [6.07, 6.45) is 4.57. The molecule has 44 heavy (non-hydrogen) atoms. The molecule has 6 aliphatic rings. The van der Waals surface area contributed by atoms with E-state index < -0.39 is 48.2 Å². The number of aliphatic hydroxyl groups is 5. The first-order chi connectivity index (χ1) is 20.9. The average molecular weight is 617 g/mol. The summed E-state index contributed by atoms with van der Waals surface area (Å²) in [6.45, 7) is 6.00. The van der Waals surface area contributed by atoms with Crippen molar-refractivity contribution >= 4 is 11.8 Å². The smallest absolute Gasteiger partial charge is 0.336 e. The van der Waals surface area contributed by atoms with Gasteiger partial charge in [-0.25, -0.2) is 4.79 Å². The SMILES string of the molecule is CC1=C(COC[C@H]2O[C@@H](O)[C@H](O)[C@@H](O)[C@@H]2O)C(=O)O[C@@H]([C@@H](CO)[C@H]2CC[C@H]3[C@@H]4CC=C5CC=CC(=O)[C@]5(C)[C@H]4CC[C@]23C)C1. The van der Waals surface area contributed by atoms with Gasteiger partial charge in [0.2, 0.25) is 0 Å². The third-order valence-corrected chi connectivity index (χ3v) is 12.6.